The number of methoxy groups -OCH3 is 1. The van der Waals surface area contributed by atoms with E-state index < -0.39 is 5.60 Å². The number of aliphatic hydroxyl groups is 1. The Bertz CT molecular complexity index is 400. The standard InChI is InChI=1S/C14H21NO3/c1-4-14(17,5-2)10-15-13(16)11-7-6-8-12(9-11)18-3/h6-9,17H,4-5,10H2,1-3H3,(H,15,16). The number of benzene rings is 1. The van der Waals surface area contributed by atoms with Crippen LogP contribution in [0.1, 0.15) is 37.0 Å². The summed E-state index contributed by atoms with van der Waals surface area (Å²) < 4.78 is 5.06. The molecule has 0 aliphatic carbocycles. The molecule has 0 unspecified atom stereocenters. The predicted octanol–water partition coefficient (Wildman–Crippen LogP) is 1.98. The molecule has 1 aromatic carbocycles. The summed E-state index contributed by atoms with van der Waals surface area (Å²) in [5.41, 5.74) is -0.293. The smallest absolute Gasteiger partial charge is 0.251 e. The van der Waals surface area contributed by atoms with Crippen LogP contribution in [0.25, 0.3) is 0 Å². The first-order valence-corrected chi connectivity index (χ1v) is 6.19. The summed E-state index contributed by atoms with van der Waals surface area (Å²) in [6, 6.07) is 6.94. The number of amides is 1. The molecule has 0 atom stereocenters. The number of rotatable bonds is 6. The van der Waals surface area contributed by atoms with Crippen LogP contribution in [-0.4, -0.2) is 30.3 Å². The van der Waals surface area contributed by atoms with Gasteiger partial charge in [-0.1, -0.05) is 19.9 Å². The molecule has 0 fully saturated rings. The van der Waals surface area contributed by atoms with E-state index in [9.17, 15) is 9.90 Å². The molecule has 0 aliphatic heterocycles. The van der Waals surface area contributed by atoms with E-state index in [-0.39, 0.29) is 12.5 Å². The van der Waals surface area contributed by atoms with Crippen molar-refractivity contribution in [3.63, 3.8) is 0 Å². The Kier molecular flexibility index (Phi) is 5.16. The van der Waals surface area contributed by atoms with Crippen molar-refractivity contribution < 1.29 is 14.6 Å². The highest BCUT2D eigenvalue weighted by atomic mass is 16.5. The van der Waals surface area contributed by atoms with Crippen LogP contribution in [-0.2, 0) is 0 Å². The molecule has 1 aromatic rings. The molecule has 0 bridgehead atoms. The van der Waals surface area contributed by atoms with Crippen LogP contribution in [0.3, 0.4) is 0 Å². The number of carbonyl (C=O) groups excluding carboxylic acids is 1. The van der Waals surface area contributed by atoms with Gasteiger partial charge in [0.2, 0.25) is 0 Å². The van der Waals surface area contributed by atoms with E-state index in [4.69, 9.17) is 4.74 Å². The minimum atomic E-state index is -0.825. The first-order chi connectivity index (χ1) is 8.54. The molecule has 0 aliphatic rings. The zero-order chi connectivity index (χ0) is 13.6. The Hall–Kier alpha value is -1.55. The summed E-state index contributed by atoms with van der Waals surface area (Å²) in [6.45, 7) is 4.07. The molecule has 0 saturated carbocycles. The SMILES string of the molecule is CCC(O)(CC)CNC(=O)c1cccc(OC)c1. The highest BCUT2D eigenvalue weighted by Gasteiger charge is 2.22. The van der Waals surface area contributed by atoms with Crippen LogP contribution in [0, 0.1) is 0 Å². The lowest BCUT2D eigenvalue weighted by atomic mass is 9.97. The van der Waals surface area contributed by atoms with Gasteiger partial charge in [0, 0.05) is 12.1 Å². The highest BCUT2D eigenvalue weighted by Crippen LogP contribution is 2.15. The van der Waals surface area contributed by atoms with Gasteiger partial charge < -0.3 is 15.2 Å². The van der Waals surface area contributed by atoms with Crippen molar-refractivity contribution >= 4 is 5.91 Å². The number of hydrogen-bond acceptors (Lipinski definition) is 3. The molecule has 0 spiro atoms. The fourth-order valence-corrected chi connectivity index (χ4v) is 1.61. The third-order valence-corrected chi connectivity index (χ3v) is 3.23. The normalized spacial score (nSPS) is 11.1. The van der Waals surface area contributed by atoms with E-state index in [1.807, 2.05) is 13.8 Å². The predicted molar refractivity (Wildman–Crippen MR) is 70.9 cm³/mol. The average molecular weight is 251 g/mol. The van der Waals surface area contributed by atoms with Crippen LogP contribution < -0.4 is 10.1 Å². The van der Waals surface area contributed by atoms with Gasteiger partial charge in [-0.2, -0.15) is 0 Å². The molecule has 1 rings (SSSR count). The van der Waals surface area contributed by atoms with Crippen LogP contribution >= 0.6 is 0 Å². The van der Waals surface area contributed by atoms with Gasteiger partial charge in [0.25, 0.3) is 5.91 Å². The fourth-order valence-electron chi connectivity index (χ4n) is 1.61. The summed E-state index contributed by atoms with van der Waals surface area (Å²) in [5.74, 6) is 0.443. The maximum atomic E-state index is 11.9. The molecule has 2 N–H and O–H groups in total. The second-order valence-electron chi connectivity index (χ2n) is 4.35. The highest BCUT2D eigenvalue weighted by molar-refractivity contribution is 5.94. The van der Waals surface area contributed by atoms with E-state index in [1.165, 1.54) is 0 Å². The lowest BCUT2D eigenvalue weighted by Crippen LogP contribution is -2.42. The maximum Gasteiger partial charge on any atom is 0.251 e. The third kappa shape index (κ3) is 3.74. The molecule has 0 aromatic heterocycles. The molecule has 100 valence electrons. The topological polar surface area (TPSA) is 58.6 Å². The Labute approximate surface area is 108 Å². The summed E-state index contributed by atoms with van der Waals surface area (Å²) in [4.78, 5) is 11.9. The van der Waals surface area contributed by atoms with Crippen LogP contribution in [0.4, 0.5) is 0 Å². The van der Waals surface area contributed by atoms with E-state index in [0.717, 1.165) is 0 Å². The van der Waals surface area contributed by atoms with Gasteiger partial charge in [0.1, 0.15) is 5.75 Å². The van der Waals surface area contributed by atoms with Gasteiger partial charge in [0.05, 0.1) is 12.7 Å². The fraction of sp³-hybridized carbons (Fsp3) is 0.500. The van der Waals surface area contributed by atoms with Crippen molar-refractivity contribution in [1.82, 2.24) is 5.32 Å². The van der Waals surface area contributed by atoms with Gasteiger partial charge >= 0.3 is 0 Å². The van der Waals surface area contributed by atoms with Gasteiger partial charge in [-0.25, -0.2) is 0 Å². The van der Waals surface area contributed by atoms with Crippen LogP contribution in [0.5, 0.6) is 5.75 Å². The van der Waals surface area contributed by atoms with Crippen LogP contribution in [0.2, 0.25) is 0 Å². The van der Waals surface area contributed by atoms with Crippen molar-refractivity contribution in [3.8, 4) is 5.75 Å². The molecular weight excluding hydrogens is 230 g/mol. The summed E-state index contributed by atoms with van der Waals surface area (Å²) in [7, 11) is 1.56. The maximum absolute atomic E-state index is 11.9. The second kappa shape index (κ2) is 6.40. The van der Waals surface area contributed by atoms with Gasteiger partial charge in [-0.05, 0) is 31.0 Å². The molecule has 0 saturated heterocycles. The Balaban J connectivity index is 2.65. The summed E-state index contributed by atoms with van der Waals surface area (Å²) >= 11 is 0. The lowest BCUT2D eigenvalue weighted by molar-refractivity contribution is 0.0314. The Morgan fingerprint density at radius 2 is 2.06 bits per heavy atom. The zero-order valence-electron chi connectivity index (χ0n) is 11.2. The largest absolute Gasteiger partial charge is 0.497 e. The number of ether oxygens (including phenoxy) is 1. The Morgan fingerprint density at radius 1 is 1.39 bits per heavy atom. The van der Waals surface area contributed by atoms with Crippen molar-refractivity contribution in [2.75, 3.05) is 13.7 Å². The van der Waals surface area contributed by atoms with E-state index in [0.29, 0.717) is 24.2 Å². The van der Waals surface area contributed by atoms with E-state index in [1.54, 1.807) is 31.4 Å². The molecule has 0 radical (unpaired) electrons. The zero-order valence-corrected chi connectivity index (χ0v) is 11.2. The van der Waals surface area contributed by atoms with Gasteiger partial charge in [-0.3, -0.25) is 4.79 Å². The third-order valence-electron chi connectivity index (χ3n) is 3.23. The first kappa shape index (κ1) is 14.5. The van der Waals surface area contributed by atoms with Crippen molar-refractivity contribution in [1.29, 1.82) is 0 Å². The van der Waals surface area contributed by atoms with Crippen LogP contribution in [0.15, 0.2) is 24.3 Å². The number of carbonyl (C=O) groups is 1. The van der Waals surface area contributed by atoms with Gasteiger partial charge in [0.15, 0.2) is 0 Å². The minimum absolute atomic E-state index is 0.200. The van der Waals surface area contributed by atoms with Crippen molar-refractivity contribution in [2.45, 2.75) is 32.3 Å². The average Bonchev–Trinajstić information content (AvgIpc) is 2.44. The molecule has 0 heterocycles. The van der Waals surface area contributed by atoms with Gasteiger partial charge in [-0.15, -0.1) is 0 Å². The number of hydrogen-bond donors (Lipinski definition) is 2. The van der Waals surface area contributed by atoms with E-state index in [2.05, 4.69) is 5.32 Å². The summed E-state index contributed by atoms with van der Waals surface area (Å²) in [6.07, 6.45) is 1.23. The van der Waals surface area contributed by atoms with Crippen molar-refractivity contribution in [2.24, 2.45) is 0 Å². The molecule has 1 amide bonds. The Morgan fingerprint density at radius 3 is 2.61 bits per heavy atom. The minimum Gasteiger partial charge on any atom is -0.497 e. The summed E-state index contributed by atoms with van der Waals surface area (Å²) in [5, 5.41) is 12.8. The molecule has 4 heteroatoms. The van der Waals surface area contributed by atoms with Crippen molar-refractivity contribution in [3.05, 3.63) is 29.8 Å². The number of nitrogens with one attached hydrogen (secondary N) is 1. The molecule has 4 nitrogen and oxygen atoms in total. The first-order valence-electron chi connectivity index (χ1n) is 6.19. The quantitative estimate of drug-likeness (QED) is 0.812. The second-order valence-corrected chi connectivity index (χ2v) is 4.35. The molecular formula is C14H21NO3. The monoisotopic (exact) mass is 251 g/mol. The molecule has 18 heavy (non-hydrogen) atoms. The lowest BCUT2D eigenvalue weighted by Gasteiger charge is -2.25. The van der Waals surface area contributed by atoms with E-state index >= 15 is 0 Å².